The average Bonchev–Trinajstić information content (AvgIpc) is 2.29. The topological polar surface area (TPSA) is 27.0 Å². The fourth-order valence-corrected chi connectivity index (χ4v) is 3.70. The Kier molecular flexibility index (Phi) is 3.78. The second-order valence-electron chi connectivity index (χ2n) is 6.78. The first-order valence-electron chi connectivity index (χ1n) is 7.18. The minimum atomic E-state index is -0.0532. The highest BCUT2D eigenvalue weighted by Gasteiger charge is 2.35. The van der Waals surface area contributed by atoms with Crippen LogP contribution in [0.1, 0.15) is 52.9 Å². The molecule has 2 fully saturated rings. The number of nitrogens with zero attached hydrogens (tertiary/aromatic N) is 2. The Morgan fingerprint density at radius 1 is 1.06 bits per heavy atom. The van der Waals surface area contributed by atoms with Crippen LogP contribution in [0.5, 0.6) is 0 Å². The van der Waals surface area contributed by atoms with Gasteiger partial charge in [-0.15, -0.1) is 0 Å². The first-order chi connectivity index (χ1) is 8.02. The molecule has 17 heavy (non-hydrogen) atoms. The van der Waals surface area contributed by atoms with E-state index in [0.29, 0.717) is 0 Å². The van der Waals surface area contributed by atoms with Crippen LogP contribution in [0.15, 0.2) is 0 Å². The summed E-state index contributed by atoms with van der Waals surface area (Å²) in [6, 6.07) is 3.28. The summed E-state index contributed by atoms with van der Waals surface area (Å²) in [7, 11) is 0. The van der Waals surface area contributed by atoms with Gasteiger partial charge in [-0.3, -0.25) is 0 Å². The molecule has 0 aromatic heterocycles. The summed E-state index contributed by atoms with van der Waals surface area (Å²) in [5.41, 5.74) is -0.0532. The summed E-state index contributed by atoms with van der Waals surface area (Å²) < 4.78 is 0. The van der Waals surface area contributed by atoms with Gasteiger partial charge in [-0.05, 0) is 64.0 Å². The molecule has 1 saturated heterocycles. The lowest BCUT2D eigenvalue weighted by Crippen LogP contribution is -2.46. The van der Waals surface area contributed by atoms with Crippen LogP contribution in [0.4, 0.5) is 0 Å². The quantitative estimate of drug-likeness (QED) is 0.695. The lowest BCUT2D eigenvalue weighted by molar-refractivity contribution is 0.0640. The molecule has 2 aliphatic rings. The molecule has 2 rings (SSSR count). The molecule has 96 valence electrons. The molecule has 0 radical (unpaired) electrons. The zero-order chi connectivity index (χ0) is 12.5. The second kappa shape index (κ2) is 4.98. The summed E-state index contributed by atoms with van der Waals surface area (Å²) in [5, 5.41) is 9.16. The second-order valence-corrected chi connectivity index (χ2v) is 6.78. The molecule has 1 aliphatic carbocycles. The van der Waals surface area contributed by atoms with Gasteiger partial charge in [0, 0.05) is 6.04 Å². The summed E-state index contributed by atoms with van der Waals surface area (Å²) >= 11 is 0. The third-order valence-electron chi connectivity index (χ3n) is 4.84. The minimum absolute atomic E-state index is 0.0532. The van der Waals surface area contributed by atoms with Crippen molar-refractivity contribution in [3.63, 3.8) is 0 Å². The van der Waals surface area contributed by atoms with Crippen LogP contribution in [-0.2, 0) is 0 Å². The van der Waals surface area contributed by atoms with Crippen molar-refractivity contribution in [1.82, 2.24) is 4.90 Å². The van der Waals surface area contributed by atoms with E-state index in [2.05, 4.69) is 31.7 Å². The highest BCUT2D eigenvalue weighted by atomic mass is 15.2. The van der Waals surface area contributed by atoms with Gasteiger partial charge in [-0.25, -0.2) is 0 Å². The molecular formula is C15H26N2. The lowest BCUT2D eigenvalue weighted by Gasteiger charge is -2.43. The zero-order valence-electron chi connectivity index (χ0n) is 11.6. The fraction of sp³-hybridized carbons (Fsp3) is 0.933. The van der Waals surface area contributed by atoms with Crippen molar-refractivity contribution in [3.05, 3.63) is 0 Å². The van der Waals surface area contributed by atoms with Crippen molar-refractivity contribution in [3.8, 4) is 6.07 Å². The van der Waals surface area contributed by atoms with Gasteiger partial charge in [0.25, 0.3) is 0 Å². The summed E-state index contributed by atoms with van der Waals surface area (Å²) in [6.07, 6.45) is 6.26. The molecule has 1 aliphatic heterocycles. The van der Waals surface area contributed by atoms with Gasteiger partial charge in [-0.2, -0.15) is 5.26 Å². The van der Waals surface area contributed by atoms with Gasteiger partial charge in [0.05, 0.1) is 11.5 Å². The van der Waals surface area contributed by atoms with E-state index in [1.807, 2.05) is 0 Å². The van der Waals surface area contributed by atoms with Crippen LogP contribution in [0.3, 0.4) is 0 Å². The fourth-order valence-electron chi connectivity index (χ4n) is 3.70. The van der Waals surface area contributed by atoms with Gasteiger partial charge in [0.1, 0.15) is 0 Å². The Hall–Kier alpha value is -0.550. The van der Waals surface area contributed by atoms with Crippen LogP contribution in [0.25, 0.3) is 0 Å². The molecular weight excluding hydrogens is 208 g/mol. The van der Waals surface area contributed by atoms with E-state index in [-0.39, 0.29) is 5.41 Å². The summed E-state index contributed by atoms with van der Waals surface area (Å²) in [4.78, 5) is 2.66. The van der Waals surface area contributed by atoms with Gasteiger partial charge >= 0.3 is 0 Å². The first-order valence-corrected chi connectivity index (χ1v) is 7.18. The molecule has 2 unspecified atom stereocenters. The van der Waals surface area contributed by atoms with Crippen LogP contribution in [-0.4, -0.2) is 24.0 Å². The van der Waals surface area contributed by atoms with E-state index in [1.165, 1.54) is 19.3 Å². The van der Waals surface area contributed by atoms with Crippen molar-refractivity contribution in [2.75, 3.05) is 13.1 Å². The van der Waals surface area contributed by atoms with Gasteiger partial charge in [0.15, 0.2) is 0 Å². The average molecular weight is 234 g/mol. The predicted molar refractivity (Wildman–Crippen MR) is 70.5 cm³/mol. The number of piperidine rings is 1. The highest BCUT2D eigenvalue weighted by Crippen LogP contribution is 2.36. The Bertz CT molecular complexity index is 287. The minimum Gasteiger partial charge on any atom is -0.300 e. The molecule has 0 bridgehead atoms. The molecule has 2 nitrogen and oxygen atoms in total. The molecule has 0 spiro atoms. The molecule has 1 heterocycles. The Balaban J connectivity index is 1.90. The van der Waals surface area contributed by atoms with E-state index < -0.39 is 0 Å². The Labute approximate surface area is 106 Å². The standard InChI is InChI=1S/C15H26N2/c1-12-8-13(2)10-14(9-12)17-6-4-15(3,11-16)5-7-17/h12-14H,4-10H2,1-3H3. The molecule has 0 aromatic rings. The van der Waals surface area contributed by atoms with Crippen molar-refractivity contribution in [2.45, 2.75) is 58.9 Å². The Morgan fingerprint density at radius 3 is 2.06 bits per heavy atom. The van der Waals surface area contributed by atoms with Crippen LogP contribution >= 0.6 is 0 Å². The van der Waals surface area contributed by atoms with E-state index in [9.17, 15) is 0 Å². The van der Waals surface area contributed by atoms with Crippen molar-refractivity contribution in [2.24, 2.45) is 17.3 Å². The van der Waals surface area contributed by atoms with Gasteiger partial charge < -0.3 is 4.90 Å². The van der Waals surface area contributed by atoms with Gasteiger partial charge in [-0.1, -0.05) is 13.8 Å². The molecule has 0 aromatic carbocycles. The third kappa shape index (κ3) is 3.01. The zero-order valence-corrected chi connectivity index (χ0v) is 11.6. The van der Waals surface area contributed by atoms with Crippen molar-refractivity contribution >= 4 is 0 Å². The van der Waals surface area contributed by atoms with Crippen molar-refractivity contribution < 1.29 is 0 Å². The maximum atomic E-state index is 9.16. The predicted octanol–water partition coefficient (Wildman–Crippen LogP) is 3.44. The number of rotatable bonds is 1. The molecule has 0 N–H and O–H groups in total. The monoisotopic (exact) mass is 234 g/mol. The van der Waals surface area contributed by atoms with Crippen LogP contribution < -0.4 is 0 Å². The molecule has 0 amide bonds. The third-order valence-corrected chi connectivity index (χ3v) is 4.84. The molecule has 2 atom stereocenters. The number of nitriles is 1. The van der Waals surface area contributed by atoms with Crippen molar-refractivity contribution in [1.29, 1.82) is 5.26 Å². The first kappa shape index (κ1) is 12.9. The largest absolute Gasteiger partial charge is 0.300 e. The number of hydrogen-bond donors (Lipinski definition) is 0. The smallest absolute Gasteiger partial charge is 0.0687 e. The number of hydrogen-bond acceptors (Lipinski definition) is 2. The molecule has 2 heteroatoms. The normalized spacial score (nSPS) is 38.6. The summed E-state index contributed by atoms with van der Waals surface area (Å²) in [6.45, 7) is 9.18. The van der Waals surface area contributed by atoms with E-state index in [4.69, 9.17) is 5.26 Å². The van der Waals surface area contributed by atoms with E-state index in [0.717, 1.165) is 43.8 Å². The van der Waals surface area contributed by atoms with E-state index in [1.54, 1.807) is 0 Å². The SMILES string of the molecule is CC1CC(C)CC(N2CCC(C)(C#N)CC2)C1. The van der Waals surface area contributed by atoms with Crippen LogP contribution in [0, 0.1) is 28.6 Å². The lowest BCUT2D eigenvalue weighted by atomic mass is 9.77. The highest BCUT2D eigenvalue weighted by molar-refractivity contribution is 5.00. The summed E-state index contributed by atoms with van der Waals surface area (Å²) in [5.74, 6) is 1.76. The maximum absolute atomic E-state index is 9.16. The molecule has 1 saturated carbocycles. The maximum Gasteiger partial charge on any atom is 0.0687 e. The number of likely N-dealkylation sites (tertiary alicyclic amines) is 1. The Morgan fingerprint density at radius 2 is 1.59 bits per heavy atom. The van der Waals surface area contributed by atoms with E-state index >= 15 is 0 Å². The van der Waals surface area contributed by atoms with Crippen LogP contribution in [0.2, 0.25) is 0 Å². The van der Waals surface area contributed by atoms with Gasteiger partial charge in [0.2, 0.25) is 0 Å².